The molecule has 0 radical (unpaired) electrons. The molecule has 3 nitrogen and oxygen atoms in total. The lowest BCUT2D eigenvalue weighted by atomic mass is 10.1. The normalized spacial score (nSPS) is 12.4. The third-order valence-electron chi connectivity index (χ3n) is 2.99. The second-order valence-electron chi connectivity index (χ2n) is 4.83. The Morgan fingerprint density at radius 3 is 2.60 bits per heavy atom. The number of benzene rings is 1. The van der Waals surface area contributed by atoms with Crippen LogP contribution in [0, 0.1) is 0 Å². The van der Waals surface area contributed by atoms with Crippen LogP contribution >= 0.6 is 11.6 Å². The average Bonchev–Trinajstić information content (AvgIpc) is 2.46. The minimum atomic E-state index is 0.300. The molecule has 0 aliphatic heterocycles. The summed E-state index contributed by atoms with van der Waals surface area (Å²) in [7, 11) is 0. The molecule has 0 amide bonds. The fourth-order valence-electron chi connectivity index (χ4n) is 1.84. The fraction of sp³-hybridized carbons (Fsp3) is 0.625. The standard InChI is InChI=1S/C16H26ClNO2/c1-4-8-18-13(3)14-6-7-16(15(17)12-14)20-11-10-19-9-5-2/h6-7,12-13,18H,4-5,8-11H2,1-3H3. The summed E-state index contributed by atoms with van der Waals surface area (Å²) in [4.78, 5) is 0. The number of nitrogens with one attached hydrogen (secondary N) is 1. The maximum atomic E-state index is 6.25. The van der Waals surface area contributed by atoms with E-state index in [1.54, 1.807) is 0 Å². The van der Waals surface area contributed by atoms with E-state index in [1.807, 2.05) is 12.1 Å². The van der Waals surface area contributed by atoms with Crippen molar-refractivity contribution >= 4 is 11.6 Å². The molecule has 1 aromatic carbocycles. The van der Waals surface area contributed by atoms with Crippen molar-refractivity contribution < 1.29 is 9.47 Å². The van der Waals surface area contributed by atoms with E-state index in [4.69, 9.17) is 21.1 Å². The molecule has 1 unspecified atom stereocenters. The van der Waals surface area contributed by atoms with Gasteiger partial charge >= 0.3 is 0 Å². The van der Waals surface area contributed by atoms with Crippen LogP contribution < -0.4 is 10.1 Å². The molecule has 0 aliphatic carbocycles. The Morgan fingerprint density at radius 1 is 1.15 bits per heavy atom. The summed E-state index contributed by atoms with van der Waals surface area (Å²) in [6.07, 6.45) is 2.15. The highest BCUT2D eigenvalue weighted by Crippen LogP contribution is 2.27. The predicted octanol–water partition coefficient (Wildman–Crippen LogP) is 4.21. The summed E-state index contributed by atoms with van der Waals surface area (Å²) in [5.74, 6) is 0.721. The van der Waals surface area contributed by atoms with E-state index >= 15 is 0 Å². The molecule has 20 heavy (non-hydrogen) atoms. The van der Waals surface area contributed by atoms with E-state index in [-0.39, 0.29) is 0 Å². The summed E-state index contributed by atoms with van der Waals surface area (Å²) >= 11 is 6.25. The van der Waals surface area contributed by atoms with Crippen LogP contribution in [0.1, 0.15) is 45.2 Å². The van der Waals surface area contributed by atoms with Crippen molar-refractivity contribution in [2.75, 3.05) is 26.4 Å². The van der Waals surface area contributed by atoms with Crippen LogP contribution in [-0.2, 0) is 4.74 Å². The topological polar surface area (TPSA) is 30.5 Å². The number of halogens is 1. The SMILES string of the molecule is CCCNC(C)c1ccc(OCCOCCC)c(Cl)c1. The van der Waals surface area contributed by atoms with Crippen LogP contribution in [0.3, 0.4) is 0 Å². The Kier molecular flexibility index (Phi) is 8.67. The Hall–Kier alpha value is -0.770. The smallest absolute Gasteiger partial charge is 0.138 e. The van der Waals surface area contributed by atoms with Gasteiger partial charge in [0.2, 0.25) is 0 Å². The fourth-order valence-corrected chi connectivity index (χ4v) is 2.08. The lowest BCUT2D eigenvalue weighted by Gasteiger charge is -2.15. The minimum absolute atomic E-state index is 0.300. The Bertz CT molecular complexity index is 385. The monoisotopic (exact) mass is 299 g/mol. The predicted molar refractivity (Wildman–Crippen MR) is 84.8 cm³/mol. The first-order valence-electron chi connectivity index (χ1n) is 7.42. The summed E-state index contributed by atoms with van der Waals surface area (Å²) in [5.41, 5.74) is 1.18. The molecule has 0 saturated carbocycles. The van der Waals surface area contributed by atoms with E-state index in [1.165, 1.54) is 5.56 Å². The van der Waals surface area contributed by atoms with Crippen LogP contribution in [0.4, 0.5) is 0 Å². The molecule has 0 saturated heterocycles. The van der Waals surface area contributed by atoms with Gasteiger partial charge in [-0.15, -0.1) is 0 Å². The van der Waals surface area contributed by atoms with Crippen molar-refractivity contribution in [2.45, 2.75) is 39.7 Å². The molecule has 0 spiro atoms. The molecule has 0 aliphatic rings. The largest absolute Gasteiger partial charge is 0.490 e. The molecule has 0 fully saturated rings. The van der Waals surface area contributed by atoms with Gasteiger partial charge in [-0.05, 0) is 44.0 Å². The molecule has 4 heteroatoms. The van der Waals surface area contributed by atoms with Gasteiger partial charge in [0.15, 0.2) is 0 Å². The number of hydrogen-bond donors (Lipinski definition) is 1. The first-order valence-corrected chi connectivity index (χ1v) is 7.80. The maximum absolute atomic E-state index is 6.25. The number of ether oxygens (including phenoxy) is 2. The summed E-state index contributed by atoms with van der Waals surface area (Å²) in [6, 6.07) is 6.26. The van der Waals surface area contributed by atoms with E-state index in [9.17, 15) is 0 Å². The van der Waals surface area contributed by atoms with Crippen LogP contribution in [0.25, 0.3) is 0 Å². The molecule has 1 rings (SSSR count). The third kappa shape index (κ3) is 6.12. The van der Waals surface area contributed by atoms with E-state index in [0.29, 0.717) is 24.3 Å². The zero-order valence-corrected chi connectivity index (χ0v) is 13.5. The Labute approximate surface area is 127 Å². The van der Waals surface area contributed by atoms with Crippen molar-refractivity contribution in [2.24, 2.45) is 0 Å². The first kappa shape index (κ1) is 17.3. The van der Waals surface area contributed by atoms with Gasteiger partial charge in [0.25, 0.3) is 0 Å². The summed E-state index contributed by atoms with van der Waals surface area (Å²) in [5, 5.41) is 4.10. The molecule has 0 aromatic heterocycles. The molecular formula is C16H26ClNO2. The second kappa shape index (κ2) is 10.0. The Morgan fingerprint density at radius 2 is 1.95 bits per heavy atom. The molecule has 0 bridgehead atoms. The molecule has 1 aromatic rings. The van der Waals surface area contributed by atoms with E-state index in [2.05, 4.69) is 32.2 Å². The third-order valence-corrected chi connectivity index (χ3v) is 3.29. The zero-order chi connectivity index (χ0) is 14.8. The number of hydrogen-bond acceptors (Lipinski definition) is 3. The van der Waals surface area contributed by atoms with Gasteiger partial charge in [-0.3, -0.25) is 0 Å². The zero-order valence-electron chi connectivity index (χ0n) is 12.7. The van der Waals surface area contributed by atoms with Crippen LogP contribution in [0.5, 0.6) is 5.75 Å². The summed E-state index contributed by atoms with van der Waals surface area (Å²) < 4.78 is 11.0. The second-order valence-corrected chi connectivity index (χ2v) is 5.23. The lowest BCUT2D eigenvalue weighted by Crippen LogP contribution is -2.19. The first-order chi connectivity index (χ1) is 9.69. The van der Waals surface area contributed by atoms with E-state index < -0.39 is 0 Å². The van der Waals surface area contributed by atoms with Crippen molar-refractivity contribution in [3.63, 3.8) is 0 Å². The lowest BCUT2D eigenvalue weighted by molar-refractivity contribution is 0.101. The highest BCUT2D eigenvalue weighted by Gasteiger charge is 2.08. The van der Waals surface area contributed by atoms with Crippen molar-refractivity contribution in [3.05, 3.63) is 28.8 Å². The van der Waals surface area contributed by atoms with Crippen molar-refractivity contribution in [3.8, 4) is 5.75 Å². The highest BCUT2D eigenvalue weighted by atomic mass is 35.5. The molecular weight excluding hydrogens is 274 g/mol. The quantitative estimate of drug-likeness (QED) is 0.657. The Balaban J connectivity index is 2.46. The molecule has 1 N–H and O–H groups in total. The maximum Gasteiger partial charge on any atom is 0.138 e. The van der Waals surface area contributed by atoms with Gasteiger partial charge in [0, 0.05) is 12.6 Å². The average molecular weight is 300 g/mol. The van der Waals surface area contributed by atoms with Gasteiger partial charge in [-0.2, -0.15) is 0 Å². The van der Waals surface area contributed by atoms with E-state index in [0.717, 1.165) is 31.7 Å². The summed E-state index contributed by atoms with van der Waals surface area (Å²) in [6.45, 7) is 9.29. The van der Waals surface area contributed by atoms with Crippen LogP contribution in [0.15, 0.2) is 18.2 Å². The van der Waals surface area contributed by atoms with Gasteiger partial charge < -0.3 is 14.8 Å². The minimum Gasteiger partial charge on any atom is -0.490 e. The van der Waals surface area contributed by atoms with Crippen LogP contribution in [-0.4, -0.2) is 26.4 Å². The molecule has 114 valence electrons. The van der Waals surface area contributed by atoms with Gasteiger partial charge in [0.1, 0.15) is 12.4 Å². The van der Waals surface area contributed by atoms with Crippen molar-refractivity contribution in [1.29, 1.82) is 0 Å². The molecule has 0 heterocycles. The highest BCUT2D eigenvalue weighted by molar-refractivity contribution is 6.32. The molecule has 1 atom stereocenters. The number of rotatable bonds is 10. The van der Waals surface area contributed by atoms with Gasteiger partial charge in [-0.1, -0.05) is 31.5 Å². The van der Waals surface area contributed by atoms with Crippen LogP contribution in [0.2, 0.25) is 5.02 Å². The van der Waals surface area contributed by atoms with Gasteiger partial charge in [0.05, 0.1) is 11.6 Å². The van der Waals surface area contributed by atoms with Crippen molar-refractivity contribution in [1.82, 2.24) is 5.32 Å². The van der Waals surface area contributed by atoms with Gasteiger partial charge in [-0.25, -0.2) is 0 Å².